The highest BCUT2D eigenvalue weighted by Gasteiger charge is 2.30. The monoisotopic (exact) mass is 387 g/mol. The third-order valence-electron chi connectivity index (χ3n) is 5.37. The van der Waals surface area contributed by atoms with E-state index in [4.69, 9.17) is 4.74 Å². The highest BCUT2D eigenvalue weighted by atomic mass is 19.1. The Balaban J connectivity index is 1.78. The Morgan fingerprint density at radius 2 is 1.75 bits per heavy atom. The fraction of sp³-hybridized carbons (Fsp3) is 0.429. The van der Waals surface area contributed by atoms with Crippen molar-refractivity contribution < 1.29 is 18.7 Å². The number of carbonyl (C=O) groups excluding carboxylic acids is 2. The lowest BCUT2D eigenvalue weighted by atomic mass is 10.1. The predicted molar refractivity (Wildman–Crippen MR) is 105 cm³/mol. The molecule has 7 heteroatoms. The lowest BCUT2D eigenvalue weighted by Crippen LogP contribution is -2.49. The second-order valence-corrected chi connectivity index (χ2v) is 6.94. The summed E-state index contributed by atoms with van der Waals surface area (Å²) in [4.78, 5) is 29.2. The van der Waals surface area contributed by atoms with E-state index in [9.17, 15) is 14.0 Å². The Morgan fingerprint density at radius 1 is 1.11 bits per heavy atom. The number of carbonyl (C=O) groups is 2. The van der Waals surface area contributed by atoms with E-state index in [-0.39, 0.29) is 18.3 Å². The minimum Gasteiger partial charge on any atom is -0.461 e. The van der Waals surface area contributed by atoms with Crippen LogP contribution in [-0.2, 0) is 11.8 Å². The van der Waals surface area contributed by atoms with Gasteiger partial charge in [0.05, 0.1) is 17.9 Å². The first kappa shape index (κ1) is 19.9. The number of esters is 1. The van der Waals surface area contributed by atoms with E-state index < -0.39 is 5.97 Å². The molecule has 1 aliphatic heterocycles. The molecular formula is C21H26FN3O3. The molecule has 0 saturated carbocycles. The van der Waals surface area contributed by atoms with Crippen LogP contribution in [0.15, 0.2) is 24.3 Å². The summed E-state index contributed by atoms with van der Waals surface area (Å²) in [5.41, 5.74) is 2.89. The molecule has 0 aliphatic carbocycles. The Hall–Kier alpha value is -2.83. The summed E-state index contributed by atoms with van der Waals surface area (Å²) >= 11 is 0. The van der Waals surface area contributed by atoms with E-state index in [2.05, 4.69) is 0 Å². The molecule has 6 nitrogen and oxygen atoms in total. The van der Waals surface area contributed by atoms with Gasteiger partial charge in [-0.25, -0.2) is 9.18 Å². The molecule has 1 aromatic heterocycles. The molecule has 0 atom stereocenters. The number of aromatic nitrogens is 1. The number of amides is 1. The van der Waals surface area contributed by atoms with Gasteiger partial charge in [-0.2, -0.15) is 0 Å². The fourth-order valence-corrected chi connectivity index (χ4v) is 3.80. The molecule has 0 N–H and O–H groups in total. The summed E-state index contributed by atoms with van der Waals surface area (Å²) in [5.74, 6) is -0.778. The van der Waals surface area contributed by atoms with Crippen molar-refractivity contribution in [2.24, 2.45) is 7.05 Å². The summed E-state index contributed by atoms with van der Waals surface area (Å²) in [6.45, 7) is 7.75. The number of nitrogens with zero attached hydrogens (tertiary/aromatic N) is 3. The smallest absolute Gasteiger partial charge is 0.355 e. The average Bonchev–Trinajstić information content (AvgIpc) is 2.91. The molecule has 2 heterocycles. The molecule has 1 fully saturated rings. The molecule has 0 radical (unpaired) electrons. The van der Waals surface area contributed by atoms with Crippen LogP contribution in [-0.4, -0.2) is 54.1 Å². The van der Waals surface area contributed by atoms with Crippen LogP contribution in [0.1, 0.15) is 39.0 Å². The first-order chi connectivity index (χ1) is 13.4. The zero-order valence-electron chi connectivity index (χ0n) is 16.8. The van der Waals surface area contributed by atoms with E-state index in [1.54, 1.807) is 42.5 Å². The van der Waals surface area contributed by atoms with Gasteiger partial charge in [0.25, 0.3) is 5.91 Å². The lowest BCUT2D eigenvalue weighted by molar-refractivity contribution is 0.0514. The van der Waals surface area contributed by atoms with Crippen molar-refractivity contribution in [1.29, 1.82) is 0 Å². The van der Waals surface area contributed by atoms with E-state index >= 15 is 0 Å². The highest BCUT2D eigenvalue weighted by molar-refractivity contribution is 6.01. The Kier molecular flexibility index (Phi) is 5.72. The second-order valence-electron chi connectivity index (χ2n) is 6.94. The molecular weight excluding hydrogens is 361 g/mol. The van der Waals surface area contributed by atoms with Crippen LogP contribution in [0.4, 0.5) is 10.1 Å². The van der Waals surface area contributed by atoms with Gasteiger partial charge in [-0.1, -0.05) is 12.1 Å². The average molecular weight is 387 g/mol. The number of piperazine rings is 1. The Labute approximate surface area is 164 Å². The molecule has 3 rings (SSSR count). The quantitative estimate of drug-likeness (QED) is 0.757. The zero-order chi connectivity index (χ0) is 20.4. The van der Waals surface area contributed by atoms with Crippen molar-refractivity contribution in [1.82, 2.24) is 9.47 Å². The second kappa shape index (κ2) is 8.04. The lowest BCUT2D eigenvalue weighted by Gasteiger charge is -2.36. The number of hydrogen-bond acceptors (Lipinski definition) is 4. The summed E-state index contributed by atoms with van der Waals surface area (Å²) in [6, 6.07) is 6.68. The maximum absolute atomic E-state index is 14.0. The van der Waals surface area contributed by atoms with Gasteiger partial charge in [0, 0.05) is 38.9 Å². The van der Waals surface area contributed by atoms with Gasteiger partial charge in [-0.05, 0) is 38.5 Å². The van der Waals surface area contributed by atoms with Crippen LogP contribution in [0, 0.1) is 19.7 Å². The molecule has 1 aliphatic rings. The molecule has 1 amide bonds. The van der Waals surface area contributed by atoms with Crippen molar-refractivity contribution >= 4 is 17.6 Å². The number of benzene rings is 1. The largest absolute Gasteiger partial charge is 0.461 e. The van der Waals surface area contributed by atoms with Gasteiger partial charge in [0.2, 0.25) is 0 Å². The van der Waals surface area contributed by atoms with Crippen molar-refractivity contribution in [3.05, 3.63) is 52.6 Å². The molecule has 0 bridgehead atoms. The van der Waals surface area contributed by atoms with Gasteiger partial charge in [0.15, 0.2) is 0 Å². The van der Waals surface area contributed by atoms with Crippen molar-refractivity contribution in [2.75, 3.05) is 37.7 Å². The van der Waals surface area contributed by atoms with Crippen LogP contribution < -0.4 is 4.90 Å². The standard InChI is InChI=1S/C21H26FN3O3/c1-5-28-21(27)19-14(2)18(15(3)23(19)4)20(26)25-12-10-24(11-13-25)17-9-7-6-8-16(17)22/h6-9H,5,10-13H2,1-4H3. The van der Waals surface area contributed by atoms with E-state index in [1.807, 2.05) is 17.9 Å². The van der Waals surface area contributed by atoms with E-state index in [0.717, 1.165) is 5.69 Å². The van der Waals surface area contributed by atoms with Crippen molar-refractivity contribution in [3.8, 4) is 0 Å². The minimum atomic E-state index is -0.422. The molecule has 1 saturated heterocycles. The van der Waals surface area contributed by atoms with Gasteiger partial charge < -0.3 is 19.1 Å². The highest BCUT2D eigenvalue weighted by Crippen LogP contribution is 2.25. The van der Waals surface area contributed by atoms with Gasteiger partial charge >= 0.3 is 5.97 Å². The number of anilines is 1. The number of hydrogen-bond donors (Lipinski definition) is 0. The predicted octanol–water partition coefficient (Wildman–Crippen LogP) is 2.92. The van der Waals surface area contributed by atoms with Crippen molar-refractivity contribution in [2.45, 2.75) is 20.8 Å². The maximum Gasteiger partial charge on any atom is 0.355 e. The molecule has 1 aromatic carbocycles. The van der Waals surface area contributed by atoms with Gasteiger partial charge in [-0.15, -0.1) is 0 Å². The third kappa shape index (κ3) is 3.48. The molecule has 28 heavy (non-hydrogen) atoms. The third-order valence-corrected chi connectivity index (χ3v) is 5.37. The minimum absolute atomic E-state index is 0.102. The maximum atomic E-state index is 14.0. The molecule has 2 aromatic rings. The SMILES string of the molecule is CCOC(=O)c1c(C)c(C(=O)N2CCN(c3ccccc3F)CC2)c(C)n1C. The normalized spacial score (nSPS) is 14.3. The van der Waals surface area contributed by atoms with E-state index in [1.165, 1.54) is 6.07 Å². The Bertz CT molecular complexity index is 899. The first-order valence-corrected chi connectivity index (χ1v) is 9.48. The number of ether oxygens (including phenoxy) is 1. The van der Waals surface area contributed by atoms with Crippen LogP contribution in [0.2, 0.25) is 0 Å². The number of halogens is 1. The van der Waals surface area contributed by atoms with Crippen LogP contribution in [0.3, 0.4) is 0 Å². The van der Waals surface area contributed by atoms with Gasteiger partial charge in [0.1, 0.15) is 11.5 Å². The number of para-hydroxylation sites is 1. The molecule has 0 spiro atoms. The van der Waals surface area contributed by atoms with Gasteiger partial charge in [-0.3, -0.25) is 4.79 Å². The van der Waals surface area contributed by atoms with Crippen molar-refractivity contribution in [3.63, 3.8) is 0 Å². The molecule has 150 valence electrons. The summed E-state index contributed by atoms with van der Waals surface area (Å²) in [6.07, 6.45) is 0. The zero-order valence-corrected chi connectivity index (χ0v) is 16.8. The number of rotatable bonds is 4. The Morgan fingerprint density at radius 3 is 2.36 bits per heavy atom. The summed E-state index contributed by atoms with van der Waals surface area (Å²) < 4.78 is 20.9. The first-order valence-electron chi connectivity index (χ1n) is 9.48. The topological polar surface area (TPSA) is 54.8 Å². The fourth-order valence-electron chi connectivity index (χ4n) is 3.80. The molecule has 0 unspecified atom stereocenters. The summed E-state index contributed by atoms with van der Waals surface area (Å²) in [7, 11) is 1.77. The van der Waals surface area contributed by atoms with Crippen LogP contribution in [0.5, 0.6) is 0 Å². The van der Waals surface area contributed by atoms with Crippen LogP contribution >= 0.6 is 0 Å². The van der Waals surface area contributed by atoms with Crippen LogP contribution in [0.25, 0.3) is 0 Å². The van der Waals surface area contributed by atoms with E-state index in [0.29, 0.717) is 48.7 Å². The summed E-state index contributed by atoms with van der Waals surface area (Å²) in [5, 5.41) is 0.